The number of ether oxygens (including phenoxy) is 3. The highest BCUT2D eigenvalue weighted by atomic mass is 16.6. The number of rotatable bonds is 1. The minimum Gasteiger partial charge on any atom is -0.486 e. The molecule has 2 heterocycles. The van der Waals surface area contributed by atoms with Crippen molar-refractivity contribution >= 4 is 12.0 Å². The second-order valence-corrected chi connectivity index (χ2v) is 7.60. The van der Waals surface area contributed by atoms with Crippen LogP contribution in [0.1, 0.15) is 38.1 Å². The molecule has 7 nitrogen and oxygen atoms in total. The topological polar surface area (TPSA) is 68.3 Å². The van der Waals surface area contributed by atoms with Gasteiger partial charge in [0.25, 0.3) is 5.91 Å². The van der Waals surface area contributed by atoms with Gasteiger partial charge in [-0.1, -0.05) is 6.07 Å². The smallest absolute Gasteiger partial charge is 0.410 e. The lowest BCUT2D eigenvalue weighted by molar-refractivity contribution is 0.00604. The van der Waals surface area contributed by atoms with Gasteiger partial charge in [-0.05, 0) is 39.8 Å². The number of fused-ring (bicyclic) bond motifs is 1. The third-order valence-corrected chi connectivity index (χ3v) is 4.34. The lowest BCUT2D eigenvalue weighted by atomic mass is 10.1. The van der Waals surface area contributed by atoms with Gasteiger partial charge in [-0.2, -0.15) is 0 Å². The standard InChI is InChI=1S/C19H26N2O5/c1-13-12-20(18(23)26-19(2,3)4)8-9-21(13)17(22)14-6-5-7-15-16(14)25-11-10-24-15/h5-7,13H,8-12H2,1-4H3. The summed E-state index contributed by atoms with van der Waals surface area (Å²) < 4.78 is 16.6. The van der Waals surface area contributed by atoms with Gasteiger partial charge in [0.1, 0.15) is 18.8 Å². The van der Waals surface area contributed by atoms with E-state index in [1.54, 1.807) is 28.0 Å². The van der Waals surface area contributed by atoms with Crippen LogP contribution < -0.4 is 9.47 Å². The number of para-hydroxylation sites is 1. The minimum absolute atomic E-state index is 0.108. The van der Waals surface area contributed by atoms with Crippen molar-refractivity contribution in [3.63, 3.8) is 0 Å². The van der Waals surface area contributed by atoms with Gasteiger partial charge in [-0.15, -0.1) is 0 Å². The first-order valence-electron chi connectivity index (χ1n) is 8.94. The number of nitrogens with zero attached hydrogens (tertiary/aromatic N) is 2. The number of amides is 2. The summed E-state index contributed by atoms with van der Waals surface area (Å²) >= 11 is 0. The predicted molar refractivity (Wildman–Crippen MR) is 95.7 cm³/mol. The van der Waals surface area contributed by atoms with Gasteiger partial charge < -0.3 is 24.0 Å². The summed E-state index contributed by atoms with van der Waals surface area (Å²) in [5.41, 5.74) is -0.0342. The number of carbonyl (C=O) groups is 2. The summed E-state index contributed by atoms with van der Waals surface area (Å²) in [4.78, 5) is 28.7. The van der Waals surface area contributed by atoms with Crippen LogP contribution in [-0.4, -0.2) is 66.3 Å². The molecule has 0 bridgehead atoms. The molecule has 2 amide bonds. The van der Waals surface area contributed by atoms with Crippen molar-refractivity contribution < 1.29 is 23.8 Å². The Kier molecular flexibility index (Phi) is 4.98. The average Bonchev–Trinajstić information content (AvgIpc) is 2.59. The van der Waals surface area contributed by atoms with E-state index in [0.717, 1.165) is 0 Å². The maximum atomic E-state index is 13.0. The van der Waals surface area contributed by atoms with Crippen LogP contribution in [-0.2, 0) is 4.74 Å². The van der Waals surface area contributed by atoms with Crippen LogP contribution in [0.3, 0.4) is 0 Å². The molecular formula is C19H26N2O5. The Labute approximate surface area is 153 Å². The fourth-order valence-electron chi connectivity index (χ4n) is 3.15. The Morgan fingerprint density at radius 1 is 1.15 bits per heavy atom. The highest BCUT2D eigenvalue weighted by Gasteiger charge is 2.34. The summed E-state index contributed by atoms with van der Waals surface area (Å²) in [7, 11) is 0. The van der Waals surface area contributed by atoms with Gasteiger partial charge in [0.05, 0.1) is 5.56 Å². The fourth-order valence-corrected chi connectivity index (χ4v) is 3.15. The van der Waals surface area contributed by atoms with E-state index in [1.165, 1.54) is 0 Å². The largest absolute Gasteiger partial charge is 0.486 e. The van der Waals surface area contributed by atoms with Crippen LogP contribution in [0.5, 0.6) is 11.5 Å². The Hall–Kier alpha value is -2.44. The van der Waals surface area contributed by atoms with Gasteiger partial charge in [0.2, 0.25) is 0 Å². The van der Waals surface area contributed by atoms with E-state index in [2.05, 4.69) is 0 Å². The molecule has 1 saturated heterocycles. The van der Waals surface area contributed by atoms with Gasteiger partial charge >= 0.3 is 6.09 Å². The van der Waals surface area contributed by atoms with Gasteiger partial charge in [0.15, 0.2) is 11.5 Å². The zero-order valence-corrected chi connectivity index (χ0v) is 15.8. The first-order valence-corrected chi connectivity index (χ1v) is 8.94. The second-order valence-electron chi connectivity index (χ2n) is 7.60. The molecule has 1 fully saturated rings. The lowest BCUT2D eigenvalue weighted by Gasteiger charge is -2.40. The van der Waals surface area contributed by atoms with Crippen LogP contribution >= 0.6 is 0 Å². The molecule has 1 aromatic carbocycles. The molecule has 26 heavy (non-hydrogen) atoms. The summed E-state index contributed by atoms with van der Waals surface area (Å²) in [6.45, 7) is 9.70. The van der Waals surface area contributed by atoms with Crippen LogP contribution in [0.2, 0.25) is 0 Å². The fraction of sp³-hybridized carbons (Fsp3) is 0.579. The lowest BCUT2D eigenvalue weighted by Crippen LogP contribution is -2.56. The number of hydrogen-bond acceptors (Lipinski definition) is 5. The Bertz CT molecular complexity index is 698. The van der Waals surface area contributed by atoms with E-state index < -0.39 is 5.60 Å². The molecule has 0 spiro atoms. The number of benzene rings is 1. The molecule has 1 aromatic rings. The third kappa shape index (κ3) is 3.86. The zero-order valence-electron chi connectivity index (χ0n) is 15.8. The molecule has 7 heteroatoms. The number of hydrogen-bond donors (Lipinski definition) is 0. The first-order chi connectivity index (χ1) is 12.3. The summed E-state index contributed by atoms with van der Waals surface area (Å²) in [5.74, 6) is 0.997. The summed E-state index contributed by atoms with van der Waals surface area (Å²) in [6.07, 6.45) is -0.342. The first kappa shape index (κ1) is 18.4. The van der Waals surface area contributed by atoms with E-state index in [-0.39, 0.29) is 18.0 Å². The third-order valence-electron chi connectivity index (χ3n) is 4.34. The van der Waals surface area contributed by atoms with Gasteiger partial charge in [-0.3, -0.25) is 4.79 Å². The SMILES string of the molecule is CC1CN(C(=O)OC(C)(C)C)CCN1C(=O)c1cccc2c1OCCO2. The van der Waals surface area contributed by atoms with Crippen LogP contribution in [0.15, 0.2) is 18.2 Å². The molecule has 0 aromatic heterocycles. The van der Waals surface area contributed by atoms with E-state index >= 15 is 0 Å². The van der Waals surface area contributed by atoms with Crippen molar-refractivity contribution in [1.82, 2.24) is 9.80 Å². The Morgan fingerprint density at radius 3 is 2.58 bits per heavy atom. The highest BCUT2D eigenvalue weighted by Crippen LogP contribution is 2.34. The highest BCUT2D eigenvalue weighted by molar-refractivity contribution is 5.98. The number of carbonyl (C=O) groups excluding carboxylic acids is 2. The maximum Gasteiger partial charge on any atom is 0.410 e. The van der Waals surface area contributed by atoms with Crippen molar-refractivity contribution in [1.29, 1.82) is 0 Å². The van der Waals surface area contributed by atoms with E-state index in [9.17, 15) is 9.59 Å². The van der Waals surface area contributed by atoms with Crippen molar-refractivity contribution in [2.75, 3.05) is 32.8 Å². The van der Waals surface area contributed by atoms with Crippen LogP contribution in [0, 0.1) is 0 Å². The quantitative estimate of drug-likeness (QED) is 0.768. The normalized spacial score (nSPS) is 19.9. The van der Waals surface area contributed by atoms with Gasteiger partial charge in [0, 0.05) is 25.7 Å². The average molecular weight is 362 g/mol. The van der Waals surface area contributed by atoms with E-state index in [4.69, 9.17) is 14.2 Å². The molecule has 2 aliphatic heterocycles. The molecular weight excluding hydrogens is 336 g/mol. The summed E-state index contributed by atoms with van der Waals surface area (Å²) in [6, 6.07) is 5.23. The van der Waals surface area contributed by atoms with Gasteiger partial charge in [-0.25, -0.2) is 4.79 Å². The Morgan fingerprint density at radius 2 is 1.88 bits per heavy atom. The van der Waals surface area contributed by atoms with Crippen LogP contribution in [0.25, 0.3) is 0 Å². The molecule has 142 valence electrons. The molecule has 3 rings (SSSR count). The molecule has 0 radical (unpaired) electrons. The molecule has 2 aliphatic rings. The van der Waals surface area contributed by atoms with E-state index in [0.29, 0.717) is 49.9 Å². The van der Waals surface area contributed by atoms with Crippen molar-refractivity contribution in [3.8, 4) is 11.5 Å². The maximum absolute atomic E-state index is 13.0. The monoisotopic (exact) mass is 362 g/mol. The molecule has 0 aliphatic carbocycles. The molecule has 1 atom stereocenters. The predicted octanol–water partition coefficient (Wildman–Crippen LogP) is 2.54. The Balaban J connectivity index is 1.70. The minimum atomic E-state index is -0.534. The molecule has 0 N–H and O–H groups in total. The zero-order chi connectivity index (χ0) is 18.9. The second kappa shape index (κ2) is 7.05. The van der Waals surface area contributed by atoms with Crippen molar-refractivity contribution in [3.05, 3.63) is 23.8 Å². The van der Waals surface area contributed by atoms with Crippen LogP contribution in [0.4, 0.5) is 4.79 Å². The van der Waals surface area contributed by atoms with Crippen molar-refractivity contribution in [2.45, 2.75) is 39.3 Å². The van der Waals surface area contributed by atoms with E-state index in [1.807, 2.05) is 27.7 Å². The number of piperazine rings is 1. The molecule has 0 saturated carbocycles. The summed E-state index contributed by atoms with van der Waals surface area (Å²) in [5, 5.41) is 0. The van der Waals surface area contributed by atoms with Crippen molar-refractivity contribution in [2.24, 2.45) is 0 Å². The molecule has 1 unspecified atom stereocenters.